The Hall–Kier alpha value is -1.62. The molecule has 1 saturated heterocycles. The first-order valence-electron chi connectivity index (χ1n) is 7.78. The summed E-state index contributed by atoms with van der Waals surface area (Å²) < 4.78 is 5.71. The minimum Gasteiger partial charge on any atom is -0.482 e. The maximum Gasteiger partial charge on any atom is 0.260 e. The third-order valence-electron chi connectivity index (χ3n) is 3.67. The van der Waals surface area contributed by atoms with Gasteiger partial charge in [0.05, 0.1) is 5.69 Å². The van der Waals surface area contributed by atoms with E-state index in [1.165, 1.54) is 6.42 Å². The number of piperidine rings is 1. The van der Waals surface area contributed by atoms with Crippen LogP contribution in [0.4, 0.5) is 0 Å². The zero-order valence-corrected chi connectivity index (χ0v) is 13.0. The van der Waals surface area contributed by atoms with E-state index < -0.39 is 0 Å². The normalized spacial score (nSPS) is 15.0. The third-order valence-corrected chi connectivity index (χ3v) is 3.67. The zero-order valence-electron chi connectivity index (χ0n) is 13.0. The van der Waals surface area contributed by atoms with E-state index in [1.54, 1.807) is 0 Å². The van der Waals surface area contributed by atoms with Gasteiger partial charge in [-0.05, 0) is 44.9 Å². The van der Waals surface area contributed by atoms with Gasteiger partial charge in [-0.1, -0.05) is 6.92 Å². The smallest absolute Gasteiger partial charge is 0.260 e. The number of nitrogens with zero attached hydrogens (tertiary/aromatic N) is 2. The van der Waals surface area contributed by atoms with E-state index in [9.17, 15) is 4.79 Å². The summed E-state index contributed by atoms with van der Waals surface area (Å²) in [6, 6.07) is 3.81. The molecule has 0 unspecified atom stereocenters. The first-order valence-corrected chi connectivity index (χ1v) is 7.78. The lowest BCUT2D eigenvalue weighted by Gasteiger charge is -2.26. The van der Waals surface area contributed by atoms with E-state index in [4.69, 9.17) is 4.74 Å². The van der Waals surface area contributed by atoms with E-state index in [2.05, 4.69) is 17.2 Å². The molecule has 5 heteroatoms. The molecule has 0 aromatic carbocycles. The van der Waals surface area contributed by atoms with Gasteiger partial charge in [0.1, 0.15) is 5.75 Å². The highest BCUT2D eigenvalue weighted by Gasteiger charge is 2.17. The summed E-state index contributed by atoms with van der Waals surface area (Å²) in [4.78, 5) is 18.5. The van der Waals surface area contributed by atoms with Gasteiger partial charge >= 0.3 is 0 Å². The van der Waals surface area contributed by atoms with Crippen LogP contribution in [0.25, 0.3) is 0 Å². The Morgan fingerprint density at radius 2 is 2.10 bits per heavy atom. The molecule has 2 heterocycles. The molecule has 2 rings (SSSR count). The molecule has 1 N–H and O–H groups in total. The van der Waals surface area contributed by atoms with Gasteiger partial charge in [0.2, 0.25) is 0 Å². The summed E-state index contributed by atoms with van der Waals surface area (Å²) in [5, 5.41) is 3.25. The fourth-order valence-electron chi connectivity index (χ4n) is 2.47. The van der Waals surface area contributed by atoms with Crippen molar-refractivity contribution in [3.8, 4) is 5.75 Å². The maximum atomic E-state index is 12.1. The van der Waals surface area contributed by atoms with Crippen LogP contribution < -0.4 is 10.1 Å². The van der Waals surface area contributed by atoms with E-state index in [-0.39, 0.29) is 12.5 Å². The van der Waals surface area contributed by atoms with Crippen molar-refractivity contribution in [3.63, 3.8) is 0 Å². The molecule has 0 spiro atoms. The van der Waals surface area contributed by atoms with Crippen LogP contribution in [-0.2, 0) is 11.3 Å². The third kappa shape index (κ3) is 4.70. The van der Waals surface area contributed by atoms with Crippen molar-refractivity contribution < 1.29 is 9.53 Å². The van der Waals surface area contributed by atoms with Gasteiger partial charge in [-0.3, -0.25) is 9.78 Å². The number of carbonyl (C=O) groups is 1. The fourth-order valence-corrected chi connectivity index (χ4v) is 2.47. The number of ether oxygens (including phenoxy) is 1. The molecule has 1 fully saturated rings. The largest absolute Gasteiger partial charge is 0.482 e. The van der Waals surface area contributed by atoms with Crippen LogP contribution in [0, 0.1) is 6.92 Å². The Labute approximate surface area is 126 Å². The number of hydrogen-bond donors (Lipinski definition) is 1. The van der Waals surface area contributed by atoms with Crippen molar-refractivity contribution in [2.45, 2.75) is 39.7 Å². The number of aryl methyl sites for hydroxylation is 1. The molecule has 1 aliphatic heterocycles. The van der Waals surface area contributed by atoms with Crippen molar-refractivity contribution in [2.24, 2.45) is 0 Å². The van der Waals surface area contributed by atoms with E-state index >= 15 is 0 Å². The Morgan fingerprint density at radius 3 is 2.81 bits per heavy atom. The molecule has 0 aliphatic carbocycles. The molecule has 1 amide bonds. The monoisotopic (exact) mass is 291 g/mol. The van der Waals surface area contributed by atoms with E-state index in [0.29, 0.717) is 12.3 Å². The van der Waals surface area contributed by atoms with E-state index in [0.717, 1.165) is 43.9 Å². The van der Waals surface area contributed by atoms with Crippen molar-refractivity contribution in [1.82, 2.24) is 15.2 Å². The molecule has 0 radical (unpaired) electrons. The number of likely N-dealkylation sites (tertiary alicyclic amines) is 1. The molecule has 0 atom stereocenters. The van der Waals surface area contributed by atoms with Crippen LogP contribution >= 0.6 is 0 Å². The lowest BCUT2D eigenvalue weighted by Crippen LogP contribution is -2.38. The van der Waals surface area contributed by atoms with Crippen LogP contribution in [-0.4, -0.2) is 42.0 Å². The molecular weight excluding hydrogens is 266 g/mol. The topological polar surface area (TPSA) is 54.5 Å². The average Bonchev–Trinajstić information content (AvgIpc) is 2.52. The summed E-state index contributed by atoms with van der Waals surface area (Å²) in [6.07, 6.45) is 3.42. The Bertz CT molecular complexity index is 471. The van der Waals surface area contributed by atoms with Crippen LogP contribution in [0.5, 0.6) is 5.75 Å². The summed E-state index contributed by atoms with van der Waals surface area (Å²) in [7, 11) is 0. The van der Waals surface area contributed by atoms with Gasteiger partial charge in [-0.25, -0.2) is 0 Å². The highest BCUT2D eigenvalue weighted by atomic mass is 16.5. The van der Waals surface area contributed by atoms with Gasteiger partial charge in [0.25, 0.3) is 5.91 Å². The molecule has 116 valence electrons. The first-order chi connectivity index (χ1) is 10.2. The number of carbonyl (C=O) groups excluding carboxylic acids is 1. The lowest BCUT2D eigenvalue weighted by atomic mass is 10.1. The molecule has 21 heavy (non-hydrogen) atoms. The van der Waals surface area contributed by atoms with Crippen molar-refractivity contribution >= 4 is 5.91 Å². The van der Waals surface area contributed by atoms with Crippen LogP contribution in [0.3, 0.4) is 0 Å². The number of nitrogens with one attached hydrogen (secondary N) is 1. The molecular formula is C16H25N3O2. The second-order valence-electron chi connectivity index (χ2n) is 5.41. The van der Waals surface area contributed by atoms with Crippen molar-refractivity contribution in [3.05, 3.63) is 23.5 Å². The highest BCUT2D eigenvalue weighted by Crippen LogP contribution is 2.17. The number of amides is 1. The molecule has 1 aromatic heterocycles. The second kappa shape index (κ2) is 7.98. The lowest BCUT2D eigenvalue weighted by molar-refractivity contribution is -0.134. The van der Waals surface area contributed by atoms with Crippen LogP contribution in [0.2, 0.25) is 0 Å². The highest BCUT2D eigenvalue weighted by molar-refractivity contribution is 5.77. The summed E-state index contributed by atoms with van der Waals surface area (Å²) in [6.45, 7) is 7.36. The summed E-state index contributed by atoms with van der Waals surface area (Å²) in [5.41, 5.74) is 1.82. The zero-order chi connectivity index (χ0) is 15.1. The Kier molecular flexibility index (Phi) is 5.99. The molecule has 0 saturated carbocycles. The van der Waals surface area contributed by atoms with Crippen molar-refractivity contribution in [1.29, 1.82) is 0 Å². The fraction of sp³-hybridized carbons (Fsp3) is 0.625. The van der Waals surface area contributed by atoms with Gasteiger partial charge in [-0.2, -0.15) is 0 Å². The summed E-state index contributed by atoms with van der Waals surface area (Å²) in [5.74, 6) is 0.775. The predicted molar refractivity (Wildman–Crippen MR) is 82.3 cm³/mol. The molecule has 5 nitrogen and oxygen atoms in total. The van der Waals surface area contributed by atoms with Gasteiger partial charge in [0.15, 0.2) is 6.61 Å². The standard InChI is InChI=1S/C16H25N3O2/c1-3-17-11-14-15(8-7-13(2)18-14)21-12-16(20)19-9-5-4-6-10-19/h7-8,17H,3-6,9-12H2,1-2H3. The van der Waals surface area contributed by atoms with Crippen molar-refractivity contribution in [2.75, 3.05) is 26.2 Å². The van der Waals surface area contributed by atoms with Gasteiger partial charge < -0.3 is 15.0 Å². The molecule has 0 bridgehead atoms. The maximum absolute atomic E-state index is 12.1. The van der Waals surface area contributed by atoms with Gasteiger partial charge in [0, 0.05) is 25.3 Å². The number of hydrogen-bond acceptors (Lipinski definition) is 4. The first kappa shape index (κ1) is 15.8. The van der Waals surface area contributed by atoms with Crippen LogP contribution in [0.15, 0.2) is 12.1 Å². The average molecular weight is 291 g/mol. The number of rotatable bonds is 6. The van der Waals surface area contributed by atoms with Crippen LogP contribution in [0.1, 0.15) is 37.6 Å². The number of aromatic nitrogens is 1. The van der Waals surface area contributed by atoms with Gasteiger partial charge in [-0.15, -0.1) is 0 Å². The number of pyridine rings is 1. The quantitative estimate of drug-likeness (QED) is 0.869. The minimum atomic E-state index is 0.0738. The predicted octanol–water partition coefficient (Wildman–Crippen LogP) is 1.89. The Balaban J connectivity index is 1.93. The SMILES string of the molecule is CCNCc1nc(C)ccc1OCC(=O)N1CCCCC1. The van der Waals surface area contributed by atoms with E-state index in [1.807, 2.05) is 24.0 Å². The second-order valence-corrected chi connectivity index (χ2v) is 5.41. The molecule has 1 aliphatic rings. The molecule has 1 aromatic rings. The Morgan fingerprint density at radius 1 is 1.33 bits per heavy atom. The summed E-state index contributed by atoms with van der Waals surface area (Å²) >= 11 is 0. The minimum absolute atomic E-state index is 0.0738.